The number of likely N-dealkylation sites (tertiary alicyclic amines) is 1. The molecule has 2 rings (SSSR count). The smallest absolute Gasteiger partial charge is 0.231 e. The van der Waals surface area contributed by atoms with Gasteiger partial charge in [-0.2, -0.15) is 0 Å². The van der Waals surface area contributed by atoms with Gasteiger partial charge in [0.05, 0.1) is 12.5 Å². The van der Waals surface area contributed by atoms with Crippen LogP contribution in [0.3, 0.4) is 0 Å². The average Bonchev–Trinajstić information content (AvgIpc) is 2.52. The van der Waals surface area contributed by atoms with Crippen molar-refractivity contribution in [3.05, 3.63) is 34.9 Å². The summed E-state index contributed by atoms with van der Waals surface area (Å²) in [6.45, 7) is 2.35. The van der Waals surface area contributed by atoms with Gasteiger partial charge >= 0.3 is 0 Å². The first-order valence-corrected chi connectivity index (χ1v) is 8.45. The Morgan fingerprint density at radius 2 is 2.04 bits per heavy atom. The lowest BCUT2D eigenvalue weighted by molar-refractivity contribution is -0.128. The Hall–Kier alpha value is -1.59. The predicted molar refractivity (Wildman–Crippen MR) is 91.1 cm³/mol. The van der Waals surface area contributed by atoms with Gasteiger partial charge in [0.25, 0.3) is 0 Å². The van der Waals surface area contributed by atoms with Crippen LogP contribution < -0.4 is 11.1 Å². The largest absolute Gasteiger partial charge is 0.369 e. The van der Waals surface area contributed by atoms with Gasteiger partial charge in [-0.25, -0.2) is 0 Å². The van der Waals surface area contributed by atoms with E-state index in [1.54, 1.807) is 0 Å². The maximum atomic E-state index is 12.2. The summed E-state index contributed by atoms with van der Waals surface area (Å²) in [4.78, 5) is 25.2. The van der Waals surface area contributed by atoms with E-state index in [0.717, 1.165) is 37.3 Å². The monoisotopic (exact) mass is 337 g/mol. The lowest BCUT2D eigenvalue weighted by Gasteiger charge is -2.30. The fourth-order valence-corrected chi connectivity index (χ4v) is 3.06. The van der Waals surface area contributed by atoms with Crippen LogP contribution in [0.4, 0.5) is 0 Å². The third-order valence-electron chi connectivity index (χ3n) is 4.11. The van der Waals surface area contributed by atoms with E-state index in [4.69, 9.17) is 17.3 Å². The van der Waals surface area contributed by atoms with Crippen LogP contribution in [-0.4, -0.2) is 42.9 Å². The molecule has 1 saturated heterocycles. The van der Waals surface area contributed by atoms with E-state index in [0.29, 0.717) is 13.1 Å². The van der Waals surface area contributed by atoms with Crippen molar-refractivity contribution in [1.29, 1.82) is 0 Å². The van der Waals surface area contributed by atoms with Gasteiger partial charge in [0.15, 0.2) is 0 Å². The number of nitrogens with one attached hydrogen (secondary N) is 1. The molecule has 0 aromatic heterocycles. The highest BCUT2D eigenvalue weighted by Crippen LogP contribution is 2.16. The van der Waals surface area contributed by atoms with Gasteiger partial charge in [-0.3, -0.25) is 14.5 Å². The number of nitrogens with two attached hydrogens (primary N) is 1. The molecule has 0 unspecified atom stereocenters. The average molecular weight is 338 g/mol. The maximum Gasteiger partial charge on any atom is 0.231 e. The summed E-state index contributed by atoms with van der Waals surface area (Å²) in [7, 11) is 0. The Morgan fingerprint density at radius 3 is 2.74 bits per heavy atom. The molecule has 1 aromatic carbocycles. The van der Waals surface area contributed by atoms with Crippen molar-refractivity contribution in [1.82, 2.24) is 10.2 Å². The van der Waals surface area contributed by atoms with E-state index in [-0.39, 0.29) is 24.3 Å². The van der Waals surface area contributed by atoms with Crippen molar-refractivity contribution in [2.75, 3.05) is 26.2 Å². The topological polar surface area (TPSA) is 75.4 Å². The molecule has 1 heterocycles. The highest BCUT2D eigenvalue weighted by atomic mass is 35.5. The molecular weight excluding hydrogens is 314 g/mol. The molecule has 23 heavy (non-hydrogen) atoms. The van der Waals surface area contributed by atoms with Crippen LogP contribution in [0.2, 0.25) is 5.02 Å². The number of nitrogens with zero attached hydrogens (tertiary/aromatic N) is 1. The number of carbonyl (C=O) groups excluding carboxylic acids is 2. The Morgan fingerprint density at radius 1 is 1.30 bits per heavy atom. The van der Waals surface area contributed by atoms with Crippen molar-refractivity contribution in [2.24, 2.45) is 11.7 Å². The fraction of sp³-hybridized carbons (Fsp3) is 0.529. The molecule has 0 bridgehead atoms. The molecule has 5 nitrogen and oxygen atoms in total. The number of carbonyl (C=O) groups is 2. The second-order valence-corrected chi connectivity index (χ2v) is 6.50. The quantitative estimate of drug-likeness (QED) is 0.742. The van der Waals surface area contributed by atoms with Crippen molar-refractivity contribution in [3.63, 3.8) is 0 Å². The number of amides is 2. The van der Waals surface area contributed by atoms with Crippen molar-refractivity contribution in [2.45, 2.75) is 25.7 Å². The molecule has 1 aliphatic rings. The highest BCUT2D eigenvalue weighted by molar-refractivity contribution is 6.30. The van der Waals surface area contributed by atoms with Gasteiger partial charge < -0.3 is 11.1 Å². The minimum atomic E-state index is -0.339. The van der Waals surface area contributed by atoms with Crippen LogP contribution in [0.25, 0.3) is 0 Å². The van der Waals surface area contributed by atoms with E-state index in [1.165, 1.54) is 5.56 Å². The normalized spacial score (nSPS) is 18.6. The van der Waals surface area contributed by atoms with Crippen molar-refractivity contribution >= 4 is 23.4 Å². The van der Waals surface area contributed by atoms with Gasteiger partial charge in [0, 0.05) is 18.1 Å². The molecule has 0 saturated carbocycles. The van der Waals surface area contributed by atoms with Crippen LogP contribution in [0.1, 0.15) is 24.8 Å². The SMILES string of the molecule is NC(=O)CN1CCC[C@H](C(=O)NCCCc2ccc(Cl)cc2)C1. The standard InChI is InChI=1S/C17H24ClN3O2/c18-15-7-5-13(6-8-15)3-1-9-20-17(23)14-4-2-10-21(11-14)12-16(19)22/h5-8,14H,1-4,9-12H2,(H2,19,22)(H,20,23)/t14-/m0/s1. The maximum absolute atomic E-state index is 12.2. The molecule has 1 atom stereocenters. The first-order valence-electron chi connectivity index (χ1n) is 8.07. The Balaban J connectivity index is 1.67. The summed E-state index contributed by atoms with van der Waals surface area (Å²) in [5.41, 5.74) is 6.43. The molecule has 1 fully saturated rings. The summed E-state index contributed by atoms with van der Waals surface area (Å²) in [5.74, 6) is -0.303. The molecule has 126 valence electrons. The molecule has 1 aliphatic heterocycles. The third-order valence-corrected chi connectivity index (χ3v) is 4.36. The third kappa shape index (κ3) is 6.20. The predicted octanol–water partition coefficient (Wildman–Crippen LogP) is 1.59. The van der Waals surface area contributed by atoms with Gasteiger partial charge in [-0.05, 0) is 49.9 Å². The van der Waals surface area contributed by atoms with Crippen molar-refractivity contribution < 1.29 is 9.59 Å². The van der Waals surface area contributed by atoms with Crippen LogP contribution in [0, 0.1) is 5.92 Å². The lowest BCUT2D eigenvalue weighted by atomic mass is 9.97. The Labute approximate surface area is 142 Å². The number of rotatable bonds is 7. The molecular formula is C17H24ClN3O2. The van der Waals surface area contributed by atoms with Crippen LogP contribution in [-0.2, 0) is 16.0 Å². The molecule has 6 heteroatoms. The van der Waals surface area contributed by atoms with Crippen LogP contribution >= 0.6 is 11.6 Å². The van der Waals surface area contributed by atoms with Gasteiger partial charge in [-0.1, -0.05) is 23.7 Å². The number of hydrogen-bond donors (Lipinski definition) is 2. The zero-order chi connectivity index (χ0) is 16.7. The minimum absolute atomic E-state index is 0.0429. The van der Waals surface area contributed by atoms with Crippen molar-refractivity contribution in [3.8, 4) is 0 Å². The van der Waals surface area contributed by atoms with Crippen LogP contribution in [0.5, 0.6) is 0 Å². The molecule has 0 radical (unpaired) electrons. The fourth-order valence-electron chi connectivity index (χ4n) is 2.93. The Bertz CT molecular complexity index is 533. The number of hydrogen-bond acceptors (Lipinski definition) is 3. The zero-order valence-corrected chi connectivity index (χ0v) is 14.0. The van der Waals surface area contributed by atoms with Gasteiger partial charge in [-0.15, -0.1) is 0 Å². The summed E-state index contributed by atoms with van der Waals surface area (Å²) in [5, 5.41) is 3.74. The second kappa shape index (κ2) is 8.89. The first kappa shape index (κ1) is 17.8. The first-order chi connectivity index (χ1) is 11.0. The summed E-state index contributed by atoms with van der Waals surface area (Å²) < 4.78 is 0. The second-order valence-electron chi connectivity index (χ2n) is 6.06. The molecule has 0 aliphatic carbocycles. The molecule has 0 spiro atoms. The number of benzene rings is 1. The number of halogens is 1. The van der Waals surface area contributed by atoms with Gasteiger partial charge in [0.2, 0.25) is 11.8 Å². The summed E-state index contributed by atoms with van der Waals surface area (Å²) in [6.07, 6.45) is 3.61. The van der Waals surface area contributed by atoms with E-state index >= 15 is 0 Å². The summed E-state index contributed by atoms with van der Waals surface area (Å²) >= 11 is 5.85. The van der Waals surface area contributed by atoms with E-state index in [9.17, 15) is 9.59 Å². The molecule has 3 N–H and O–H groups in total. The van der Waals surface area contributed by atoms with E-state index < -0.39 is 0 Å². The Kier molecular flexibility index (Phi) is 6.86. The van der Waals surface area contributed by atoms with Gasteiger partial charge in [0.1, 0.15) is 0 Å². The number of primary amides is 1. The van der Waals surface area contributed by atoms with E-state index in [2.05, 4.69) is 5.32 Å². The lowest BCUT2D eigenvalue weighted by Crippen LogP contribution is -2.45. The summed E-state index contributed by atoms with van der Waals surface area (Å²) in [6, 6.07) is 7.77. The number of aryl methyl sites for hydroxylation is 1. The van der Waals surface area contributed by atoms with E-state index in [1.807, 2.05) is 29.2 Å². The molecule has 1 aromatic rings. The zero-order valence-electron chi connectivity index (χ0n) is 13.3. The van der Waals surface area contributed by atoms with Crippen LogP contribution in [0.15, 0.2) is 24.3 Å². The highest BCUT2D eigenvalue weighted by Gasteiger charge is 2.25. The number of piperidine rings is 1. The molecule has 2 amide bonds. The minimum Gasteiger partial charge on any atom is -0.369 e.